The molecule has 2 unspecified atom stereocenters. The Labute approximate surface area is 125 Å². The van der Waals surface area contributed by atoms with Gasteiger partial charge in [-0.15, -0.1) is 0 Å². The van der Waals surface area contributed by atoms with Crippen LogP contribution in [0.5, 0.6) is 0 Å². The summed E-state index contributed by atoms with van der Waals surface area (Å²) in [4.78, 5) is 14.5. The van der Waals surface area contributed by atoms with Crippen LogP contribution in [-0.2, 0) is 4.79 Å². The number of carbonyl (C=O) groups excluding carboxylic acids is 1. The summed E-state index contributed by atoms with van der Waals surface area (Å²) in [5, 5.41) is 3.00. The molecule has 3 N–H and O–H groups in total. The van der Waals surface area contributed by atoms with Crippen molar-refractivity contribution >= 4 is 29.0 Å². The molecule has 2 rings (SSSR count). The maximum absolute atomic E-state index is 12.4. The van der Waals surface area contributed by atoms with Crippen molar-refractivity contribution in [3.63, 3.8) is 0 Å². The molecule has 1 amide bonds. The third kappa shape index (κ3) is 3.46. The quantitative estimate of drug-likeness (QED) is 0.837. The molecule has 0 bridgehead atoms. The normalized spacial score (nSPS) is 20.1. The fraction of sp³-hybridized carbons (Fsp3) is 0.533. The second-order valence-electron chi connectivity index (χ2n) is 5.42. The van der Waals surface area contributed by atoms with Gasteiger partial charge in [-0.1, -0.05) is 0 Å². The van der Waals surface area contributed by atoms with Crippen molar-refractivity contribution in [2.75, 3.05) is 29.6 Å². The van der Waals surface area contributed by atoms with Gasteiger partial charge in [-0.3, -0.25) is 9.69 Å². The molecule has 0 aliphatic carbocycles. The number of hydrogen-bond acceptors (Lipinski definition) is 4. The molecule has 1 fully saturated rings. The highest BCUT2D eigenvalue weighted by atomic mass is 32.2. The number of aryl methyl sites for hydroxylation is 1. The van der Waals surface area contributed by atoms with E-state index >= 15 is 0 Å². The minimum atomic E-state index is -0.129. The highest BCUT2D eigenvalue weighted by molar-refractivity contribution is 7.99. The molecular weight excluding hydrogens is 270 g/mol. The summed E-state index contributed by atoms with van der Waals surface area (Å²) in [6, 6.07) is 5.92. The number of nitrogens with one attached hydrogen (secondary N) is 1. The van der Waals surface area contributed by atoms with Crippen LogP contribution in [0.3, 0.4) is 0 Å². The monoisotopic (exact) mass is 293 g/mol. The SMILES string of the molecule is Cc1cc(N)ccc1NC(=O)C(C)N(C)C1CCSC1. The smallest absolute Gasteiger partial charge is 0.241 e. The zero-order valence-electron chi connectivity index (χ0n) is 12.3. The molecular formula is C15H23N3OS. The van der Waals surface area contributed by atoms with Gasteiger partial charge in [-0.25, -0.2) is 0 Å². The Bertz CT molecular complexity index is 486. The zero-order valence-corrected chi connectivity index (χ0v) is 13.2. The van der Waals surface area contributed by atoms with E-state index in [1.807, 2.05) is 50.9 Å². The topological polar surface area (TPSA) is 58.4 Å². The number of likely N-dealkylation sites (N-methyl/N-ethyl adjacent to an activating group) is 1. The Kier molecular flexibility index (Phi) is 4.94. The van der Waals surface area contributed by atoms with E-state index in [0.29, 0.717) is 11.7 Å². The summed E-state index contributed by atoms with van der Waals surface area (Å²) >= 11 is 1.96. The number of nitrogen functional groups attached to an aromatic ring is 1. The van der Waals surface area contributed by atoms with Gasteiger partial charge < -0.3 is 11.1 Å². The van der Waals surface area contributed by atoms with Gasteiger partial charge in [0.15, 0.2) is 0 Å². The van der Waals surface area contributed by atoms with Gasteiger partial charge in [0.25, 0.3) is 0 Å². The summed E-state index contributed by atoms with van der Waals surface area (Å²) in [6.07, 6.45) is 1.17. The molecule has 5 heteroatoms. The number of amides is 1. The van der Waals surface area contributed by atoms with Gasteiger partial charge in [-0.2, -0.15) is 11.8 Å². The van der Waals surface area contributed by atoms with Crippen molar-refractivity contribution in [2.45, 2.75) is 32.4 Å². The van der Waals surface area contributed by atoms with Crippen LogP contribution >= 0.6 is 11.8 Å². The number of nitrogens with zero attached hydrogens (tertiary/aromatic N) is 1. The lowest BCUT2D eigenvalue weighted by molar-refractivity contribution is -0.120. The van der Waals surface area contributed by atoms with Gasteiger partial charge in [-0.05, 0) is 56.8 Å². The van der Waals surface area contributed by atoms with Crippen LogP contribution < -0.4 is 11.1 Å². The van der Waals surface area contributed by atoms with E-state index < -0.39 is 0 Å². The maximum atomic E-state index is 12.4. The lowest BCUT2D eigenvalue weighted by atomic mass is 10.1. The molecule has 0 spiro atoms. The lowest BCUT2D eigenvalue weighted by Gasteiger charge is -2.29. The number of anilines is 2. The summed E-state index contributed by atoms with van der Waals surface area (Å²) in [7, 11) is 2.04. The molecule has 1 aliphatic heterocycles. The number of carbonyl (C=O) groups is 1. The molecule has 110 valence electrons. The summed E-state index contributed by atoms with van der Waals surface area (Å²) in [6.45, 7) is 3.92. The van der Waals surface area contributed by atoms with Crippen LogP contribution in [-0.4, -0.2) is 41.4 Å². The van der Waals surface area contributed by atoms with Crippen LogP contribution in [0, 0.1) is 6.92 Å². The van der Waals surface area contributed by atoms with E-state index in [4.69, 9.17) is 5.73 Å². The van der Waals surface area contributed by atoms with Crippen molar-refractivity contribution in [2.24, 2.45) is 0 Å². The molecule has 20 heavy (non-hydrogen) atoms. The molecule has 4 nitrogen and oxygen atoms in total. The Morgan fingerprint density at radius 2 is 2.30 bits per heavy atom. The number of thioether (sulfide) groups is 1. The van der Waals surface area contributed by atoms with Crippen LogP contribution in [0.1, 0.15) is 18.9 Å². The van der Waals surface area contributed by atoms with Crippen molar-refractivity contribution in [3.05, 3.63) is 23.8 Å². The van der Waals surface area contributed by atoms with Gasteiger partial charge in [0.05, 0.1) is 6.04 Å². The lowest BCUT2D eigenvalue weighted by Crippen LogP contribution is -2.45. The van der Waals surface area contributed by atoms with Crippen molar-refractivity contribution in [1.29, 1.82) is 0 Å². The molecule has 2 atom stereocenters. The van der Waals surface area contributed by atoms with E-state index in [9.17, 15) is 4.79 Å². The first-order valence-corrected chi connectivity index (χ1v) is 8.11. The van der Waals surface area contributed by atoms with Gasteiger partial charge in [0.2, 0.25) is 5.91 Å². The summed E-state index contributed by atoms with van der Waals surface area (Å²) in [5.41, 5.74) is 8.27. The maximum Gasteiger partial charge on any atom is 0.241 e. The molecule has 1 heterocycles. The minimum Gasteiger partial charge on any atom is -0.399 e. The molecule has 0 saturated carbocycles. The van der Waals surface area contributed by atoms with E-state index in [-0.39, 0.29) is 11.9 Å². The highest BCUT2D eigenvalue weighted by Gasteiger charge is 2.27. The first-order chi connectivity index (χ1) is 9.49. The van der Waals surface area contributed by atoms with Gasteiger partial charge in [0.1, 0.15) is 0 Å². The minimum absolute atomic E-state index is 0.0391. The van der Waals surface area contributed by atoms with Crippen LogP contribution in [0.4, 0.5) is 11.4 Å². The third-order valence-electron chi connectivity index (χ3n) is 3.98. The number of nitrogens with two attached hydrogens (primary N) is 1. The van der Waals surface area contributed by atoms with Gasteiger partial charge >= 0.3 is 0 Å². The molecule has 0 radical (unpaired) electrons. The van der Waals surface area contributed by atoms with Crippen LogP contribution in [0.2, 0.25) is 0 Å². The van der Waals surface area contributed by atoms with E-state index in [0.717, 1.165) is 17.0 Å². The predicted octanol–water partition coefficient (Wildman–Crippen LogP) is 2.34. The van der Waals surface area contributed by atoms with Crippen LogP contribution in [0.25, 0.3) is 0 Å². The first-order valence-electron chi connectivity index (χ1n) is 6.95. The van der Waals surface area contributed by atoms with Crippen LogP contribution in [0.15, 0.2) is 18.2 Å². The first kappa shape index (κ1) is 15.2. The number of rotatable bonds is 4. The molecule has 0 aromatic heterocycles. The second kappa shape index (κ2) is 6.50. The van der Waals surface area contributed by atoms with E-state index in [1.165, 1.54) is 12.2 Å². The average molecular weight is 293 g/mol. The number of hydrogen-bond donors (Lipinski definition) is 2. The van der Waals surface area contributed by atoms with Crippen molar-refractivity contribution in [1.82, 2.24) is 4.90 Å². The highest BCUT2D eigenvalue weighted by Crippen LogP contribution is 2.23. The average Bonchev–Trinajstić information content (AvgIpc) is 2.94. The Morgan fingerprint density at radius 3 is 2.90 bits per heavy atom. The standard InChI is InChI=1S/C15H23N3OS/c1-10-8-12(16)4-5-14(10)17-15(19)11(2)18(3)13-6-7-20-9-13/h4-5,8,11,13H,6-7,9,16H2,1-3H3,(H,17,19). The molecule has 1 aromatic rings. The zero-order chi connectivity index (χ0) is 14.7. The van der Waals surface area contributed by atoms with Gasteiger partial charge in [0, 0.05) is 23.2 Å². The Balaban J connectivity index is 1.99. The Hall–Kier alpha value is -1.20. The molecule has 1 aromatic carbocycles. The predicted molar refractivity (Wildman–Crippen MR) is 87.2 cm³/mol. The van der Waals surface area contributed by atoms with E-state index in [1.54, 1.807) is 0 Å². The fourth-order valence-electron chi connectivity index (χ4n) is 2.41. The fourth-order valence-corrected chi connectivity index (χ4v) is 3.69. The Morgan fingerprint density at radius 1 is 1.55 bits per heavy atom. The van der Waals surface area contributed by atoms with Crippen molar-refractivity contribution in [3.8, 4) is 0 Å². The summed E-state index contributed by atoms with van der Waals surface area (Å²) in [5.74, 6) is 2.35. The number of benzene rings is 1. The third-order valence-corrected chi connectivity index (χ3v) is 5.13. The summed E-state index contributed by atoms with van der Waals surface area (Å²) < 4.78 is 0. The largest absolute Gasteiger partial charge is 0.399 e. The van der Waals surface area contributed by atoms with E-state index in [2.05, 4.69) is 10.2 Å². The molecule has 1 aliphatic rings. The van der Waals surface area contributed by atoms with Crippen molar-refractivity contribution < 1.29 is 4.79 Å². The molecule has 1 saturated heterocycles. The second-order valence-corrected chi connectivity index (χ2v) is 6.57.